The fourth-order valence-corrected chi connectivity index (χ4v) is 2.18. The van der Waals surface area contributed by atoms with Gasteiger partial charge in [-0.3, -0.25) is 9.59 Å². The highest BCUT2D eigenvalue weighted by atomic mass is 16.2. The van der Waals surface area contributed by atoms with Gasteiger partial charge in [-0.05, 0) is 32.6 Å². The second-order valence-electron chi connectivity index (χ2n) is 4.81. The van der Waals surface area contributed by atoms with Crippen molar-refractivity contribution in [3.8, 4) is 0 Å². The summed E-state index contributed by atoms with van der Waals surface area (Å²) in [6.45, 7) is 5.47. The monoisotopic (exact) mass is 240 g/mol. The van der Waals surface area contributed by atoms with Crippen LogP contribution < -0.4 is 5.32 Å². The predicted octanol–water partition coefficient (Wildman–Crippen LogP) is 1.69. The van der Waals surface area contributed by atoms with Crippen LogP contribution in [0.5, 0.6) is 0 Å². The van der Waals surface area contributed by atoms with E-state index in [2.05, 4.69) is 12.2 Å². The lowest BCUT2D eigenvalue weighted by Crippen LogP contribution is -2.49. The third kappa shape index (κ3) is 4.36. The number of carbonyl (C=O) groups excluding carboxylic acids is 2. The molecule has 0 aromatic carbocycles. The van der Waals surface area contributed by atoms with Crippen LogP contribution in [0.15, 0.2) is 0 Å². The van der Waals surface area contributed by atoms with E-state index in [4.69, 9.17) is 0 Å². The van der Waals surface area contributed by atoms with Gasteiger partial charge >= 0.3 is 11.8 Å². The summed E-state index contributed by atoms with van der Waals surface area (Å²) < 4.78 is 0. The summed E-state index contributed by atoms with van der Waals surface area (Å²) in [5.74, 6) is -0.788. The molecule has 0 aromatic heterocycles. The summed E-state index contributed by atoms with van der Waals surface area (Å²) in [6, 6.07) is 0.206. The molecular formula is C13H24N2O2. The highest BCUT2D eigenvalue weighted by Crippen LogP contribution is 2.16. The summed E-state index contributed by atoms with van der Waals surface area (Å²) in [6.07, 6.45) is 6.34. The third-order valence-corrected chi connectivity index (χ3v) is 3.32. The van der Waals surface area contributed by atoms with Gasteiger partial charge in [-0.1, -0.05) is 19.8 Å². The number of rotatable bonds is 4. The summed E-state index contributed by atoms with van der Waals surface area (Å²) >= 11 is 0. The van der Waals surface area contributed by atoms with Crippen molar-refractivity contribution in [1.82, 2.24) is 10.2 Å². The molecule has 1 atom stereocenters. The van der Waals surface area contributed by atoms with Gasteiger partial charge in [-0.15, -0.1) is 0 Å². The maximum atomic E-state index is 11.9. The largest absolute Gasteiger partial charge is 0.348 e. The molecule has 0 aliphatic carbocycles. The van der Waals surface area contributed by atoms with Crippen molar-refractivity contribution < 1.29 is 9.59 Å². The van der Waals surface area contributed by atoms with Crippen molar-refractivity contribution in [3.63, 3.8) is 0 Å². The van der Waals surface area contributed by atoms with E-state index in [-0.39, 0.29) is 11.9 Å². The Morgan fingerprint density at radius 3 is 2.71 bits per heavy atom. The molecule has 0 spiro atoms. The van der Waals surface area contributed by atoms with Gasteiger partial charge in [-0.2, -0.15) is 0 Å². The summed E-state index contributed by atoms with van der Waals surface area (Å²) in [7, 11) is 0. The first-order valence-corrected chi connectivity index (χ1v) is 6.75. The van der Waals surface area contributed by atoms with Crippen molar-refractivity contribution in [2.24, 2.45) is 0 Å². The molecule has 0 radical (unpaired) electrons. The van der Waals surface area contributed by atoms with Crippen LogP contribution in [0.4, 0.5) is 0 Å². The first-order chi connectivity index (χ1) is 8.16. The summed E-state index contributed by atoms with van der Waals surface area (Å²) in [5, 5.41) is 2.70. The topological polar surface area (TPSA) is 49.4 Å². The van der Waals surface area contributed by atoms with E-state index in [1.165, 1.54) is 0 Å². The second kappa shape index (κ2) is 7.30. The van der Waals surface area contributed by atoms with Gasteiger partial charge in [0.1, 0.15) is 0 Å². The molecule has 4 nitrogen and oxygen atoms in total. The van der Waals surface area contributed by atoms with Crippen LogP contribution in [0.1, 0.15) is 52.4 Å². The Morgan fingerprint density at radius 1 is 1.29 bits per heavy atom. The zero-order chi connectivity index (χ0) is 12.7. The zero-order valence-corrected chi connectivity index (χ0v) is 11.0. The SMILES string of the molecule is CCCCCNC(=O)C(=O)N1CCCCC1C. The average molecular weight is 240 g/mol. The van der Waals surface area contributed by atoms with Gasteiger partial charge in [-0.25, -0.2) is 0 Å². The molecule has 2 amide bonds. The fourth-order valence-electron chi connectivity index (χ4n) is 2.18. The molecule has 1 N–H and O–H groups in total. The fraction of sp³-hybridized carbons (Fsp3) is 0.846. The van der Waals surface area contributed by atoms with E-state index in [1.54, 1.807) is 4.90 Å². The molecule has 1 fully saturated rings. The van der Waals surface area contributed by atoms with Gasteiger partial charge in [0.15, 0.2) is 0 Å². The van der Waals surface area contributed by atoms with Crippen LogP contribution in [0, 0.1) is 0 Å². The molecule has 17 heavy (non-hydrogen) atoms. The standard InChI is InChI=1S/C13H24N2O2/c1-3-4-6-9-14-12(16)13(17)15-10-7-5-8-11(15)2/h11H,3-10H2,1-2H3,(H,14,16). The number of hydrogen-bond acceptors (Lipinski definition) is 2. The maximum absolute atomic E-state index is 11.9. The van der Waals surface area contributed by atoms with E-state index in [9.17, 15) is 9.59 Å². The van der Waals surface area contributed by atoms with Gasteiger partial charge in [0.25, 0.3) is 0 Å². The molecule has 1 aliphatic heterocycles. The van der Waals surface area contributed by atoms with Crippen molar-refractivity contribution in [3.05, 3.63) is 0 Å². The first-order valence-electron chi connectivity index (χ1n) is 6.75. The minimum atomic E-state index is -0.435. The lowest BCUT2D eigenvalue weighted by atomic mass is 10.0. The molecular weight excluding hydrogens is 216 g/mol. The summed E-state index contributed by atoms with van der Waals surface area (Å²) in [4.78, 5) is 25.2. The van der Waals surface area contributed by atoms with Gasteiger partial charge in [0.05, 0.1) is 0 Å². The van der Waals surface area contributed by atoms with Crippen molar-refractivity contribution in [2.45, 2.75) is 58.4 Å². The van der Waals surface area contributed by atoms with Crippen LogP contribution in [0.25, 0.3) is 0 Å². The summed E-state index contributed by atoms with van der Waals surface area (Å²) in [5.41, 5.74) is 0. The number of piperidine rings is 1. The molecule has 0 saturated carbocycles. The third-order valence-electron chi connectivity index (χ3n) is 3.32. The normalized spacial score (nSPS) is 20.1. The molecule has 1 heterocycles. The van der Waals surface area contributed by atoms with E-state index in [0.29, 0.717) is 6.54 Å². The van der Waals surface area contributed by atoms with Crippen LogP contribution >= 0.6 is 0 Å². The van der Waals surface area contributed by atoms with Crippen LogP contribution in [0.2, 0.25) is 0 Å². The Morgan fingerprint density at radius 2 is 2.06 bits per heavy atom. The number of amides is 2. The van der Waals surface area contributed by atoms with Crippen molar-refractivity contribution in [1.29, 1.82) is 0 Å². The van der Waals surface area contributed by atoms with Crippen LogP contribution in [-0.2, 0) is 9.59 Å². The molecule has 1 saturated heterocycles. The van der Waals surface area contributed by atoms with Crippen LogP contribution in [-0.4, -0.2) is 35.8 Å². The Hall–Kier alpha value is -1.06. The molecule has 1 aliphatic rings. The quantitative estimate of drug-likeness (QED) is 0.600. The van der Waals surface area contributed by atoms with Crippen LogP contribution in [0.3, 0.4) is 0 Å². The zero-order valence-electron chi connectivity index (χ0n) is 11.0. The molecule has 1 unspecified atom stereocenters. The molecule has 98 valence electrons. The maximum Gasteiger partial charge on any atom is 0.312 e. The van der Waals surface area contributed by atoms with Gasteiger partial charge in [0.2, 0.25) is 0 Å². The van der Waals surface area contributed by atoms with E-state index < -0.39 is 5.91 Å². The molecule has 1 rings (SSSR count). The van der Waals surface area contributed by atoms with Gasteiger partial charge < -0.3 is 10.2 Å². The van der Waals surface area contributed by atoms with E-state index in [0.717, 1.165) is 45.1 Å². The minimum absolute atomic E-state index is 0.206. The number of nitrogens with zero attached hydrogens (tertiary/aromatic N) is 1. The number of unbranched alkanes of at least 4 members (excludes halogenated alkanes) is 2. The van der Waals surface area contributed by atoms with Crippen molar-refractivity contribution in [2.75, 3.05) is 13.1 Å². The Kier molecular flexibility index (Phi) is 6.01. The number of carbonyl (C=O) groups is 2. The smallest absolute Gasteiger partial charge is 0.312 e. The Bertz CT molecular complexity index is 266. The Labute approximate surface area is 104 Å². The molecule has 4 heteroatoms. The lowest BCUT2D eigenvalue weighted by molar-refractivity contribution is -0.148. The van der Waals surface area contributed by atoms with Gasteiger partial charge in [0, 0.05) is 19.1 Å². The number of hydrogen-bond donors (Lipinski definition) is 1. The highest BCUT2D eigenvalue weighted by Gasteiger charge is 2.27. The second-order valence-corrected chi connectivity index (χ2v) is 4.81. The average Bonchev–Trinajstić information content (AvgIpc) is 2.34. The minimum Gasteiger partial charge on any atom is -0.348 e. The highest BCUT2D eigenvalue weighted by molar-refractivity contribution is 6.35. The van der Waals surface area contributed by atoms with E-state index >= 15 is 0 Å². The van der Waals surface area contributed by atoms with Crippen molar-refractivity contribution >= 4 is 11.8 Å². The number of likely N-dealkylation sites (tertiary alicyclic amines) is 1. The lowest BCUT2D eigenvalue weighted by Gasteiger charge is -2.32. The molecule has 0 aromatic rings. The predicted molar refractivity (Wildman–Crippen MR) is 67.6 cm³/mol. The Balaban J connectivity index is 2.32. The number of nitrogens with one attached hydrogen (secondary N) is 1. The molecule has 0 bridgehead atoms. The first kappa shape index (κ1) is 14.0. The van der Waals surface area contributed by atoms with E-state index in [1.807, 2.05) is 6.92 Å².